The molecule has 2 nitrogen and oxygen atoms in total. The Morgan fingerprint density at radius 2 is 2.00 bits per heavy atom. The zero-order valence-corrected chi connectivity index (χ0v) is 13.7. The Kier molecular flexibility index (Phi) is 5.34. The van der Waals surface area contributed by atoms with Crippen molar-refractivity contribution in [2.75, 3.05) is 14.2 Å². The number of ether oxygens (including phenoxy) is 1. The lowest BCUT2D eigenvalue weighted by Crippen LogP contribution is -2.31. The van der Waals surface area contributed by atoms with Gasteiger partial charge in [0.25, 0.3) is 0 Å². The van der Waals surface area contributed by atoms with Gasteiger partial charge < -0.3 is 10.1 Å². The highest BCUT2D eigenvalue weighted by Crippen LogP contribution is 2.42. The van der Waals surface area contributed by atoms with Crippen molar-refractivity contribution >= 4 is 11.6 Å². The first kappa shape index (κ1) is 15.7. The normalized spacial score (nSPS) is 28.1. The minimum Gasteiger partial charge on any atom is -0.496 e. The van der Waals surface area contributed by atoms with Crippen LogP contribution in [0.2, 0.25) is 5.02 Å². The Morgan fingerprint density at radius 1 is 1.25 bits per heavy atom. The van der Waals surface area contributed by atoms with Gasteiger partial charge in [-0.25, -0.2) is 0 Å². The van der Waals surface area contributed by atoms with E-state index in [0.29, 0.717) is 12.0 Å². The predicted octanol–water partition coefficient (Wildman–Crippen LogP) is 4.68. The van der Waals surface area contributed by atoms with E-state index in [0.717, 1.165) is 22.6 Å². The molecular weight excluding hydrogens is 270 g/mol. The molecule has 1 aromatic rings. The van der Waals surface area contributed by atoms with Crippen molar-refractivity contribution in [3.05, 3.63) is 28.8 Å². The van der Waals surface area contributed by atoms with Crippen molar-refractivity contribution in [1.29, 1.82) is 0 Å². The number of rotatable bonds is 4. The molecule has 4 atom stereocenters. The molecule has 20 heavy (non-hydrogen) atoms. The monoisotopic (exact) mass is 295 g/mol. The van der Waals surface area contributed by atoms with E-state index >= 15 is 0 Å². The molecule has 1 saturated carbocycles. The Morgan fingerprint density at radius 3 is 2.60 bits per heavy atom. The highest BCUT2D eigenvalue weighted by atomic mass is 35.5. The van der Waals surface area contributed by atoms with Gasteiger partial charge in [0, 0.05) is 16.6 Å². The largest absolute Gasteiger partial charge is 0.496 e. The molecule has 0 radical (unpaired) electrons. The van der Waals surface area contributed by atoms with E-state index < -0.39 is 0 Å². The molecule has 0 saturated heterocycles. The number of nitrogens with one attached hydrogen (secondary N) is 1. The van der Waals surface area contributed by atoms with Crippen LogP contribution in [0.5, 0.6) is 5.75 Å². The quantitative estimate of drug-likeness (QED) is 0.871. The fraction of sp³-hybridized carbons (Fsp3) is 0.647. The molecule has 0 amide bonds. The standard InChI is InChI=1S/C17H26ClNO/c1-11-5-6-13(9-12(11)2)17(19-3)15-8-7-14(18)10-16(15)20-4/h7-8,10-13,17,19H,5-6,9H2,1-4H3. The smallest absolute Gasteiger partial charge is 0.125 e. The Hall–Kier alpha value is -0.730. The van der Waals surface area contributed by atoms with Gasteiger partial charge in [0.1, 0.15) is 5.75 Å². The van der Waals surface area contributed by atoms with Crippen LogP contribution in [-0.4, -0.2) is 14.2 Å². The molecule has 0 heterocycles. The fourth-order valence-corrected chi connectivity index (χ4v) is 3.64. The molecule has 112 valence electrons. The van der Waals surface area contributed by atoms with Gasteiger partial charge in [-0.3, -0.25) is 0 Å². The third-order valence-electron chi connectivity index (χ3n) is 4.95. The summed E-state index contributed by atoms with van der Waals surface area (Å²) in [6.07, 6.45) is 3.88. The highest BCUT2D eigenvalue weighted by molar-refractivity contribution is 6.30. The molecule has 4 unspecified atom stereocenters. The van der Waals surface area contributed by atoms with Crippen LogP contribution in [0.1, 0.15) is 44.7 Å². The van der Waals surface area contributed by atoms with Gasteiger partial charge in [-0.15, -0.1) is 0 Å². The zero-order chi connectivity index (χ0) is 14.7. The fourth-order valence-electron chi connectivity index (χ4n) is 3.48. The van der Waals surface area contributed by atoms with Gasteiger partial charge in [0.05, 0.1) is 7.11 Å². The van der Waals surface area contributed by atoms with E-state index in [2.05, 4.69) is 25.2 Å². The Labute approximate surface area is 127 Å². The number of halogens is 1. The van der Waals surface area contributed by atoms with Crippen LogP contribution >= 0.6 is 11.6 Å². The number of benzene rings is 1. The average molecular weight is 296 g/mol. The van der Waals surface area contributed by atoms with Gasteiger partial charge in [-0.1, -0.05) is 37.9 Å². The lowest BCUT2D eigenvalue weighted by molar-refractivity contribution is 0.173. The minimum absolute atomic E-state index is 0.345. The predicted molar refractivity (Wildman–Crippen MR) is 85.5 cm³/mol. The summed E-state index contributed by atoms with van der Waals surface area (Å²) >= 11 is 6.07. The first-order valence-electron chi connectivity index (χ1n) is 7.57. The van der Waals surface area contributed by atoms with E-state index in [9.17, 15) is 0 Å². The van der Waals surface area contributed by atoms with Crippen LogP contribution in [0.25, 0.3) is 0 Å². The molecule has 2 rings (SSSR count). The maximum Gasteiger partial charge on any atom is 0.125 e. The molecule has 1 fully saturated rings. The summed E-state index contributed by atoms with van der Waals surface area (Å²) in [5.41, 5.74) is 1.23. The Balaban J connectivity index is 2.24. The van der Waals surface area contributed by atoms with E-state index in [1.807, 2.05) is 19.2 Å². The molecule has 1 N–H and O–H groups in total. The van der Waals surface area contributed by atoms with Crippen molar-refractivity contribution in [1.82, 2.24) is 5.32 Å². The molecule has 0 spiro atoms. The zero-order valence-electron chi connectivity index (χ0n) is 12.9. The summed E-state index contributed by atoms with van der Waals surface area (Å²) in [6, 6.07) is 6.32. The second-order valence-corrected chi connectivity index (χ2v) is 6.62. The van der Waals surface area contributed by atoms with Crippen molar-refractivity contribution in [2.45, 2.75) is 39.2 Å². The van der Waals surface area contributed by atoms with Crippen molar-refractivity contribution in [3.8, 4) is 5.75 Å². The average Bonchev–Trinajstić information content (AvgIpc) is 2.44. The van der Waals surface area contributed by atoms with Crippen LogP contribution in [-0.2, 0) is 0 Å². The summed E-state index contributed by atoms with van der Waals surface area (Å²) in [7, 11) is 3.76. The van der Waals surface area contributed by atoms with Crippen molar-refractivity contribution < 1.29 is 4.74 Å². The van der Waals surface area contributed by atoms with E-state index in [4.69, 9.17) is 16.3 Å². The molecule has 0 aliphatic heterocycles. The highest BCUT2D eigenvalue weighted by Gasteiger charge is 2.31. The summed E-state index contributed by atoms with van der Waals surface area (Å²) in [6.45, 7) is 4.75. The third-order valence-corrected chi connectivity index (χ3v) is 5.19. The summed E-state index contributed by atoms with van der Waals surface area (Å²) in [4.78, 5) is 0. The molecular formula is C17H26ClNO. The van der Waals surface area contributed by atoms with E-state index in [1.165, 1.54) is 24.8 Å². The van der Waals surface area contributed by atoms with Gasteiger partial charge in [0.2, 0.25) is 0 Å². The summed E-state index contributed by atoms with van der Waals surface area (Å²) in [5, 5.41) is 4.22. The van der Waals surface area contributed by atoms with Gasteiger partial charge >= 0.3 is 0 Å². The first-order chi connectivity index (χ1) is 9.56. The van der Waals surface area contributed by atoms with Crippen LogP contribution in [0.3, 0.4) is 0 Å². The summed E-state index contributed by atoms with van der Waals surface area (Å²) in [5.74, 6) is 3.20. The SMILES string of the molecule is CNC(c1ccc(Cl)cc1OC)C1CCC(C)C(C)C1. The lowest BCUT2D eigenvalue weighted by atomic mass is 9.72. The summed E-state index contributed by atoms with van der Waals surface area (Å²) < 4.78 is 5.52. The maximum atomic E-state index is 6.07. The Bertz CT molecular complexity index is 449. The number of methoxy groups -OCH3 is 1. The van der Waals surface area contributed by atoms with E-state index in [-0.39, 0.29) is 0 Å². The van der Waals surface area contributed by atoms with Crippen molar-refractivity contribution in [2.24, 2.45) is 17.8 Å². The molecule has 0 bridgehead atoms. The second-order valence-electron chi connectivity index (χ2n) is 6.18. The van der Waals surface area contributed by atoms with E-state index in [1.54, 1.807) is 7.11 Å². The first-order valence-corrected chi connectivity index (χ1v) is 7.95. The molecule has 1 aliphatic carbocycles. The second kappa shape index (κ2) is 6.82. The van der Waals surface area contributed by atoms with Gasteiger partial charge in [-0.05, 0) is 49.8 Å². The topological polar surface area (TPSA) is 21.3 Å². The van der Waals surface area contributed by atoms with Crippen LogP contribution < -0.4 is 10.1 Å². The van der Waals surface area contributed by atoms with Gasteiger partial charge in [-0.2, -0.15) is 0 Å². The van der Waals surface area contributed by atoms with Crippen LogP contribution in [0, 0.1) is 17.8 Å². The minimum atomic E-state index is 0.345. The molecule has 0 aromatic heterocycles. The number of hydrogen-bond donors (Lipinski definition) is 1. The van der Waals surface area contributed by atoms with Crippen molar-refractivity contribution in [3.63, 3.8) is 0 Å². The third kappa shape index (κ3) is 3.29. The van der Waals surface area contributed by atoms with Crippen LogP contribution in [0.4, 0.5) is 0 Å². The lowest BCUT2D eigenvalue weighted by Gasteiger charge is -2.37. The number of hydrogen-bond acceptors (Lipinski definition) is 2. The maximum absolute atomic E-state index is 6.07. The molecule has 1 aromatic carbocycles. The molecule has 3 heteroatoms. The van der Waals surface area contributed by atoms with Crippen LogP contribution in [0.15, 0.2) is 18.2 Å². The van der Waals surface area contributed by atoms with Gasteiger partial charge in [0.15, 0.2) is 0 Å². The molecule has 1 aliphatic rings.